The second-order valence-electron chi connectivity index (χ2n) is 5.31. The quantitative estimate of drug-likeness (QED) is 0.773. The summed E-state index contributed by atoms with van der Waals surface area (Å²) in [7, 11) is 0. The molecule has 2 unspecified atom stereocenters. The zero-order chi connectivity index (χ0) is 13.9. The van der Waals surface area contributed by atoms with Crippen molar-refractivity contribution in [3.05, 3.63) is 22.2 Å². The number of rotatable bonds is 4. The van der Waals surface area contributed by atoms with Crippen LogP contribution < -0.4 is 25.6 Å². The van der Waals surface area contributed by atoms with Gasteiger partial charge in [0.2, 0.25) is 0 Å². The van der Waals surface area contributed by atoms with Gasteiger partial charge in [-0.3, -0.25) is 10.9 Å². The first-order valence-corrected chi connectivity index (χ1v) is 7.80. The molecule has 1 fully saturated rings. The maximum absolute atomic E-state index is 5.64. The van der Waals surface area contributed by atoms with Crippen LogP contribution in [0.15, 0.2) is 16.6 Å². The number of fused-ring (bicyclic) bond motifs is 1. The molecular formula is C14H20BrN3O2. The van der Waals surface area contributed by atoms with Crippen molar-refractivity contribution < 1.29 is 9.47 Å². The van der Waals surface area contributed by atoms with E-state index in [1.54, 1.807) is 0 Å². The second kappa shape index (κ2) is 6.30. The molecule has 110 valence electrons. The van der Waals surface area contributed by atoms with Crippen molar-refractivity contribution in [2.45, 2.75) is 19.5 Å². The van der Waals surface area contributed by atoms with E-state index in [-0.39, 0.29) is 0 Å². The van der Waals surface area contributed by atoms with Crippen molar-refractivity contribution in [2.75, 3.05) is 26.3 Å². The van der Waals surface area contributed by atoms with E-state index in [2.05, 4.69) is 51.2 Å². The topological polar surface area (TPSA) is 54.5 Å². The summed E-state index contributed by atoms with van der Waals surface area (Å²) < 4.78 is 12.2. The van der Waals surface area contributed by atoms with E-state index in [0.29, 0.717) is 25.2 Å². The van der Waals surface area contributed by atoms with Gasteiger partial charge in [-0.2, -0.15) is 0 Å². The fourth-order valence-electron chi connectivity index (χ4n) is 2.56. The average Bonchev–Trinajstić information content (AvgIpc) is 2.85. The number of hydrogen-bond acceptors (Lipinski definition) is 5. The molecule has 20 heavy (non-hydrogen) atoms. The molecule has 6 heteroatoms. The van der Waals surface area contributed by atoms with Gasteiger partial charge in [-0.15, -0.1) is 0 Å². The lowest BCUT2D eigenvalue weighted by molar-refractivity contribution is 0.170. The Hall–Kier alpha value is -0.820. The van der Waals surface area contributed by atoms with E-state index in [9.17, 15) is 0 Å². The molecule has 2 aliphatic rings. The molecule has 5 nitrogen and oxygen atoms in total. The van der Waals surface area contributed by atoms with Crippen LogP contribution in [0, 0.1) is 5.92 Å². The van der Waals surface area contributed by atoms with E-state index in [1.807, 2.05) is 0 Å². The molecular weight excluding hydrogens is 322 g/mol. The highest BCUT2D eigenvalue weighted by Crippen LogP contribution is 2.38. The summed E-state index contributed by atoms with van der Waals surface area (Å²) in [5.41, 5.74) is 7.62. The first-order chi connectivity index (χ1) is 9.74. The Bertz CT molecular complexity index is 484. The Balaban J connectivity index is 1.59. The van der Waals surface area contributed by atoms with Crippen LogP contribution in [0.1, 0.15) is 12.5 Å². The minimum Gasteiger partial charge on any atom is -0.486 e. The number of hydrazine groups is 1. The third-order valence-corrected chi connectivity index (χ3v) is 4.38. The first kappa shape index (κ1) is 14.1. The lowest BCUT2D eigenvalue weighted by Crippen LogP contribution is -2.32. The van der Waals surface area contributed by atoms with E-state index in [1.165, 1.54) is 5.56 Å². The molecule has 0 saturated carbocycles. The Kier molecular flexibility index (Phi) is 4.45. The van der Waals surface area contributed by atoms with Gasteiger partial charge < -0.3 is 14.8 Å². The highest BCUT2D eigenvalue weighted by molar-refractivity contribution is 9.10. The SMILES string of the molecule is CC1NNCC1CNCc1cc(Br)c2c(c1)OCCO2. The normalized spacial score (nSPS) is 24.9. The molecule has 2 aliphatic heterocycles. The highest BCUT2D eigenvalue weighted by atomic mass is 79.9. The zero-order valence-electron chi connectivity index (χ0n) is 11.5. The molecule has 0 radical (unpaired) electrons. The monoisotopic (exact) mass is 341 g/mol. The van der Waals surface area contributed by atoms with Gasteiger partial charge in [-0.1, -0.05) is 0 Å². The molecule has 1 aromatic rings. The van der Waals surface area contributed by atoms with Crippen molar-refractivity contribution in [3.8, 4) is 11.5 Å². The van der Waals surface area contributed by atoms with Crippen molar-refractivity contribution in [2.24, 2.45) is 5.92 Å². The van der Waals surface area contributed by atoms with Crippen LogP contribution >= 0.6 is 15.9 Å². The Morgan fingerprint density at radius 2 is 2.20 bits per heavy atom. The first-order valence-electron chi connectivity index (χ1n) is 7.01. The molecule has 3 rings (SSSR count). The van der Waals surface area contributed by atoms with Gasteiger partial charge in [0, 0.05) is 31.6 Å². The maximum atomic E-state index is 5.64. The number of hydrogen-bond donors (Lipinski definition) is 3. The number of nitrogens with one attached hydrogen (secondary N) is 3. The summed E-state index contributed by atoms with van der Waals surface area (Å²) in [5.74, 6) is 2.27. The predicted octanol–water partition coefficient (Wildman–Crippen LogP) is 1.42. The van der Waals surface area contributed by atoms with Crippen LogP contribution in [-0.2, 0) is 6.54 Å². The molecule has 0 bridgehead atoms. The number of ether oxygens (including phenoxy) is 2. The second-order valence-corrected chi connectivity index (χ2v) is 6.16. The molecule has 0 aliphatic carbocycles. The number of halogens is 1. The summed E-state index contributed by atoms with van der Waals surface area (Å²) in [4.78, 5) is 0. The van der Waals surface area contributed by atoms with Crippen LogP contribution in [0.3, 0.4) is 0 Å². The molecule has 2 heterocycles. The van der Waals surface area contributed by atoms with Gasteiger partial charge in [0.05, 0.1) is 4.47 Å². The van der Waals surface area contributed by atoms with E-state index in [0.717, 1.165) is 35.6 Å². The van der Waals surface area contributed by atoms with Gasteiger partial charge in [-0.05, 0) is 40.5 Å². The van der Waals surface area contributed by atoms with Crippen LogP contribution in [0.5, 0.6) is 11.5 Å². The fraction of sp³-hybridized carbons (Fsp3) is 0.571. The van der Waals surface area contributed by atoms with E-state index in [4.69, 9.17) is 9.47 Å². The third-order valence-electron chi connectivity index (χ3n) is 3.79. The van der Waals surface area contributed by atoms with Gasteiger partial charge in [0.25, 0.3) is 0 Å². The van der Waals surface area contributed by atoms with Crippen molar-refractivity contribution in [3.63, 3.8) is 0 Å². The highest BCUT2D eigenvalue weighted by Gasteiger charge is 2.22. The third kappa shape index (κ3) is 3.09. The number of benzene rings is 1. The summed E-state index contributed by atoms with van der Waals surface area (Å²) in [6.07, 6.45) is 0. The maximum Gasteiger partial charge on any atom is 0.175 e. The molecule has 0 amide bonds. The standard InChI is InChI=1S/C14H20BrN3O2/c1-9-11(8-17-18-9)7-16-6-10-4-12(15)14-13(5-10)19-2-3-20-14/h4-5,9,11,16-18H,2-3,6-8H2,1H3. The summed E-state index contributed by atoms with van der Waals surface area (Å²) in [6, 6.07) is 4.66. The smallest absolute Gasteiger partial charge is 0.175 e. The zero-order valence-corrected chi connectivity index (χ0v) is 13.1. The average molecular weight is 342 g/mol. The molecule has 2 atom stereocenters. The van der Waals surface area contributed by atoms with Gasteiger partial charge in [0.1, 0.15) is 13.2 Å². The van der Waals surface area contributed by atoms with Gasteiger partial charge >= 0.3 is 0 Å². The molecule has 0 spiro atoms. The van der Waals surface area contributed by atoms with Crippen LogP contribution in [0.4, 0.5) is 0 Å². The molecule has 1 aromatic carbocycles. The van der Waals surface area contributed by atoms with Crippen LogP contribution in [0.2, 0.25) is 0 Å². The van der Waals surface area contributed by atoms with Crippen molar-refractivity contribution >= 4 is 15.9 Å². The lowest BCUT2D eigenvalue weighted by atomic mass is 10.0. The van der Waals surface area contributed by atoms with Gasteiger partial charge in [-0.25, -0.2) is 0 Å². The summed E-state index contributed by atoms with van der Waals surface area (Å²) in [5, 5.41) is 3.51. The van der Waals surface area contributed by atoms with Gasteiger partial charge in [0.15, 0.2) is 11.5 Å². The van der Waals surface area contributed by atoms with Crippen LogP contribution in [0.25, 0.3) is 0 Å². The minimum absolute atomic E-state index is 0.509. The Morgan fingerprint density at radius 1 is 1.35 bits per heavy atom. The molecule has 1 saturated heterocycles. The molecule has 3 N–H and O–H groups in total. The summed E-state index contributed by atoms with van der Waals surface area (Å²) in [6.45, 7) is 6.27. The Morgan fingerprint density at radius 3 is 3.00 bits per heavy atom. The summed E-state index contributed by atoms with van der Waals surface area (Å²) >= 11 is 3.55. The van der Waals surface area contributed by atoms with Crippen molar-refractivity contribution in [1.82, 2.24) is 16.2 Å². The van der Waals surface area contributed by atoms with E-state index < -0.39 is 0 Å². The van der Waals surface area contributed by atoms with Crippen LogP contribution in [-0.4, -0.2) is 32.3 Å². The minimum atomic E-state index is 0.509. The Labute approximate surface area is 127 Å². The van der Waals surface area contributed by atoms with E-state index >= 15 is 0 Å². The lowest BCUT2D eigenvalue weighted by Gasteiger charge is -2.21. The largest absolute Gasteiger partial charge is 0.486 e. The molecule has 0 aromatic heterocycles. The van der Waals surface area contributed by atoms with Crippen molar-refractivity contribution in [1.29, 1.82) is 0 Å². The fourth-order valence-corrected chi connectivity index (χ4v) is 3.17. The predicted molar refractivity (Wildman–Crippen MR) is 80.9 cm³/mol.